The molecule has 1 aliphatic rings. The lowest BCUT2D eigenvalue weighted by Crippen LogP contribution is -2.46. The van der Waals surface area contributed by atoms with Gasteiger partial charge < -0.3 is 9.73 Å². The third-order valence-corrected chi connectivity index (χ3v) is 5.27. The van der Waals surface area contributed by atoms with Crippen LogP contribution in [0.2, 0.25) is 0 Å². The minimum absolute atomic E-state index is 0.0532. The maximum absolute atomic E-state index is 12.5. The van der Waals surface area contributed by atoms with Gasteiger partial charge in [-0.05, 0) is 52.3 Å². The van der Waals surface area contributed by atoms with Gasteiger partial charge in [-0.1, -0.05) is 30.3 Å². The molecule has 2 heterocycles. The van der Waals surface area contributed by atoms with Gasteiger partial charge in [0, 0.05) is 6.04 Å². The number of piperidine rings is 1. The molecule has 0 unspecified atom stereocenters. The van der Waals surface area contributed by atoms with Crippen LogP contribution in [0.25, 0.3) is 0 Å². The molecule has 2 aromatic rings. The summed E-state index contributed by atoms with van der Waals surface area (Å²) >= 11 is 0. The van der Waals surface area contributed by atoms with Crippen LogP contribution in [0.4, 0.5) is 0 Å². The molecule has 1 N–H and O–H groups in total. The summed E-state index contributed by atoms with van der Waals surface area (Å²) in [5.74, 6) is 0.523. The van der Waals surface area contributed by atoms with Gasteiger partial charge in [0.1, 0.15) is 12.0 Å². The lowest BCUT2D eigenvalue weighted by molar-refractivity contribution is -0.124. The highest BCUT2D eigenvalue weighted by Crippen LogP contribution is 2.36. The van der Waals surface area contributed by atoms with Crippen LogP contribution in [0.1, 0.15) is 55.6 Å². The predicted molar refractivity (Wildman–Crippen MR) is 102 cm³/mol. The van der Waals surface area contributed by atoms with Crippen LogP contribution in [0.5, 0.6) is 0 Å². The molecule has 1 fully saturated rings. The average molecular weight is 369 g/mol. The van der Waals surface area contributed by atoms with E-state index in [0.717, 1.165) is 31.5 Å². The molecule has 3 rings (SSSR count). The molecule has 6 heteroatoms. The summed E-state index contributed by atoms with van der Waals surface area (Å²) in [7, 11) is 0. The maximum atomic E-state index is 12.5. The third kappa shape index (κ3) is 4.27. The Hall–Kier alpha value is -2.47. The van der Waals surface area contributed by atoms with E-state index < -0.39 is 5.41 Å². The zero-order chi connectivity index (χ0) is 19.4. The van der Waals surface area contributed by atoms with Gasteiger partial charge in [-0.3, -0.25) is 14.5 Å². The molecule has 1 aromatic heterocycles. The van der Waals surface area contributed by atoms with Gasteiger partial charge in [-0.25, -0.2) is 4.98 Å². The zero-order valence-electron chi connectivity index (χ0n) is 16.2. The van der Waals surface area contributed by atoms with Crippen molar-refractivity contribution in [3.63, 3.8) is 0 Å². The number of Topliss-reactive ketones (excluding diaryl/α,β-unsaturated/α-hetero) is 1. The van der Waals surface area contributed by atoms with Gasteiger partial charge in [-0.15, -0.1) is 0 Å². The first-order valence-electron chi connectivity index (χ1n) is 9.45. The molecule has 144 valence electrons. The van der Waals surface area contributed by atoms with Crippen LogP contribution in [0.15, 0.2) is 41.0 Å². The molecule has 0 bridgehead atoms. The summed E-state index contributed by atoms with van der Waals surface area (Å²) in [6, 6.07) is 10.1. The van der Waals surface area contributed by atoms with E-state index in [2.05, 4.69) is 15.2 Å². The molecule has 27 heavy (non-hydrogen) atoms. The number of rotatable bonds is 6. The Morgan fingerprint density at radius 2 is 1.89 bits per heavy atom. The number of amides is 1. The Kier molecular flexibility index (Phi) is 5.75. The fourth-order valence-corrected chi connectivity index (χ4v) is 3.71. The first-order valence-corrected chi connectivity index (χ1v) is 9.45. The molecule has 1 aromatic carbocycles. The third-order valence-electron chi connectivity index (χ3n) is 5.27. The van der Waals surface area contributed by atoms with Crippen molar-refractivity contribution in [2.24, 2.45) is 0 Å². The smallest absolute Gasteiger partial charge is 0.273 e. The van der Waals surface area contributed by atoms with Crippen LogP contribution >= 0.6 is 0 Å². The van der Waals surface area contributed by atoms with Gasteiger partial charge in [0.15, 0.2) is 5.69 Å². The van der Waals surface area contributed by atoms with Crippen molar-refractivity contribution in [2.75, 3.05) is 13.1 Å². The first-order chi connectivity index (χ1) is 12.9. The summed E-state index contributed by atoms with van der Waals surface area (Å²) in [5, 5.41) is 2.80. The number of ketones is 1. The quantitative estimate of drug-likeness (QED) is 0.847. The van der Waals surface area contributed by atoms with Crippen molar-refractivity contribution in [1.29, 1.82) is 0 Å². The standard InChI is InChI=1S/C21H27N3O3/c1-15(2)22-20(26)18-14-27-19(23-18)13-24-11-9-21(10-12-24,16(3)25)17-7-5-4-6-8-17/h4-8,14-15H,9-13H2,1-3H3,(H,22,26). The number of hydrogen-bond donors (Lipinski definition) is 1. The molecule has 0 saturated carbocycles. The normalized spacial score (nSPS) is 17.0. The second-order valence-electron chi connectivity index (χ2n) is 7.54. The molecule has 1 aliphatic heterocycles. The van der Waals surface area contributed by atoms with E-state index in [4.69, 9.17) is 4.42 Å². The van der Waals surface area contributed by atoms with Gasteiger partial charge >= 0.3 is 0 Å². The second-order valence-corrected chi connectivity index (χ2v) is 7.54. The van der Waals surface area contributed by atoms with E-state index in [1.807, 2.05) is 44.2 Å². The highest BCUT2D eigenvalue weighted by Gasteiger charge is 2.40. The molecule has 1 saturated heterocycles. The Morgan fingerprint density at radius 3 is 2.48 bits per heavy atom. The van der Waals surface area contributed by atoms with Crippen LogP contribution in [0, 0.1) is 0 Å². The summed E-state index contributed by atoms with van der Waals surface area (Å²) in [6.07, 6.45) is 2.95. The van der Waals surface area contributed by atoms with Crippen molar-refractivity contribution < 1.29 is 14.0 Å². The van der Waals surface area contributed by atoms with Crippen LogP contribution in [-0.4, -0.2) is 40.7 Å². The van der Waals surface area contributed by atoms with Crippen molar-refractivity contribution in [1.82, 2.24) is 15.2 Å². The molecule has 0 spiro atoms. The Labute approximate surface area is 160 Å². The van der Waals surface area contributed by atoms with Crippen molar-refractivity contribution in [3.05, 3.63) is 53.7 Å². The number of benzene rings is 1. The maximum Gasteiger partial charge on any atom is 0.273 e. The highest BCUT2D eigenvalue weighted by atomic mass is 16.3. The molecule has 1 amide bonds. The van der Waals surface area contributed by atoms with E-state index in [9.17, 15) is 9.59 Å². The largest absolute Gasteiger partial charge is 0.447 e. The van der Waals surface area contributed by atoms with E-state index in [1.54, 1.807) is 6.92 Å². The molecule has 0 atom stereocenters. The Morgan fingerprint density at radius 1 is 1.22 bits per heavy atom. The Balaban J connectivity index is 1.63. The fourth-order valence-electron chi connectivity index (χ4n) is 3.71. The number of nitrogens with zero attached hydrogens (tertiary/aromatic N) is 2. The molecule has 0 radical (unpaired) electrons. The monoisotopic (exact) mass is 369 g/mol. The summed E-state index contributed by atoms with van der Waals surface area (Å²) < 4.78 is 5.47. The van der Waals surface area contributed by atoms with E-state index in [1.165, 1.54) is 6.26 Å². The minimum Gasteiger partial charge on any atom is -0.447 e. The number of hydrogen-bond acceptors (Lipinski definition) is 5. The lowest BCUT2D eigenvalue weighted by atomic mass is 9.70. The topological polar surface area (TPSA) is 75.4 Å². The van der Waals surface area contributed by atoms with Gasteiger partial charge in [0.25, 0.3) is 5.91 Å². The summed E-state index contributed by atoms with van der Waals surface area (Å²) in [5.41, 5.74) is 0.996. The van der Waals surface area contributed by atoms with Crippen LogP contribution < -0.4 is 5.32 Å². The van der Waals surface area contributed by atoms with Crippen molar-refractivity contribution in [3.8, 4) is 0 Å². The van der Waals surface area contributed by atoms with Gasteiger partial charge in [-0.2, -0.15) is 0 Å². The van der Waals surface area contributed by atoms with Gasteiger partial charge in [0.2, 0.25) is 5.89 Å². The first kappa shape index (κ1) is 19.3. The molecule has 0 aliphatic carbocycles. The summed E-state index contributed by atoms with van der Waals surface area (Å²) in [6.45, 7) is 7.60. The second kappa shape index (κ2) is 8.05. The van der Waals surface area contributed by atoms with Crippen molar-refractivity contribution in [2.45, 2.75) is 51.6 Å². The predicted octanol–water partition coefficient (Wildman–Crippen LogP) is 2.94. The number of nitrogens with one attached hydrogen (secondary N) is 1. The number of oxazole rings is 1. The van der Waals surface area contributed by atoms with Gasteiger partial charge in [0.05, 0.1) is 12.0 Å². The van der Waals surface area contributed by atoms with E-state index in [-0.39, 0.29) is 17.7 Å². The zero-order valence-corrected chi connectivity index (χ0v) is 16.2. The summed E-state index contributed by atoms with van der Waals surface area (Å²) in [4.78, 5) is 31.0. The van der Waals surface area contributed by atoms with Crippen LogP contribution in [-0.2, 0) is 16.8 Å². The van der Waals surface area contributed by atoms with E-state index in [0.29, 0.717) is 18.1 Å². The van der Waals surface area contributed by atoms with Crippen molar-refractivity contribution >= 4 is 11.7 Å². The number of aromatic nitrogens is 1. The number of likely N-dealkylation sites (tertiary alicyclic amines) is 1. The fraction of sp³-hybridized carbons (Fsp3) is 0.476. The molecule has 6 nitrogen and oxygen atoms in total. The Bertz CT molecular complexity index is 790. The van der Waals surface area contributed by atoms with Crippen LogP contribution in [0.3, 0.4) is 0 Å². The minimum atomic E-state index is -0.406. The van der Waals surface area contributed by atoms with E-state index >= 15 is 0 Å². The molecular formula is C21H27N3O3. The SMILES string of the molecule is CC(=O)C1(c2ccccc2)CCN(Cc2nc(C(=O)NC(C)C)co2)CC1. The highest BCUT2D eigenvalue weighted by molar-refractivity contribution is 5.92. The number of carbonyl (C=O) groups is 2. The average Bonchev–Trinajstić information content (AvgIpc) is 3.11. The molecular weight excluding hydrogens is 342 g/mol. The lowest BCUT2D eigenvalue weighted by Gasteiger charge is -2.40. The number of carbonyl (C=O) groups excluding carboxylic acids is 2.